The Bertz CT molecular complexity index is 1330. The maximum absolute atomic E-state index is 13.5. The highest BCUT2D eigenvalue weighted by atomic mass is 32.2. The van der Waals surface area contributed by atoms with E-state index in [2.05, 4.69) is 15.5 Å². The summed E-state index contributed by atoms with van der Waals surface area (Å²) in [5.74, 6) is -0.0506. The Hall–Kier alpha value is -3.80. The summed E-state index contributed by atoms with van der Waals surface area (Å²) >= 11 is 0. The lowest BCUT2D eigenvalue weighted by molar-refractivity contribution is 0.0980. The van der Waals surface area contributed by atoms with E-state index in [0.29, 0.717) is 12.0 Å². The predicted molar refractivity (Wildman–Crippen MR) is 148 cm³/mol. The third-order valence-electron chi connectivity index (χ3n) is 6.05. The minimum atomic E-state index is -4.01. The van der Waals surface area contributed by atoms with Crippen LogP contribution in [-0.2, 0) is 22.9 Å². The van der Waals surface area contributed by atoms with Crippen LogP contribution in [0.1, 0.15) is 36.2 Å². The first-order valence-corrected chi connectivity index (χ1v) is 14.0. The van der Waals surface area contributed by atoms with Gasteiger partial charge in [-0.15, -0.1) is 0 Å². The van der Waals surface area contributed by atoms with Crippen molar-refractivity contribution in [1.29, 1.82) is 0 Å². The molecule has 2 aromatic carbocycles. The van der Waals surface area contributed by atoms with Crippen LogP contribution in [0.15, 0.2) is 83.0 Å². The highest BCUT2D eigenvalue weighted by Gasteiger charge is 2.31. The molecule has 2 atom stereocenters. The van der Waals surface area contributed by atoms with Crippen molar-refractivity contribution >= 4 is 22.3 Å². The fraction of sp³-hybridized carbons (Fsp3) is 0.321. The van der Waals surface area contributed by atoms with Crippen LogP contribution in [0.2, 0.25) is 0 Å². The maximum atomic E-state index is 13.5. The van der Waals surface area contributed by atoms with Crippen LogP contribution in [-0.4, -0.2) is 70.7 Å². The number of benzene rings is 2. The molecule has 3 aromatic rings. The number of aliphatic hydroxyl groups is 1. The molecule has 0 radical (unpaired) electrons. The number of pyridine rings is 1. The quantitative estimate of drug-likeness (QED) is 0.144. The first kappa shape index (κ1) is 29.8. The Balaban J connectivity index is 1.77. The molecule has 11 heteroatoms. The zero-order valence-corrected chi connectivity index (χ0v) is 22.7. The van der Waals surface area contributed by atoms with Gasteiger partial charge in [-0.3, -0.25) is 4.98 Å². The van der Waals surface area contributed by atoms with Crippen molar-refractivity contribution in [2.45, 2.75) is 43.7 Å². The van der Waals surface area contributed by atoms with E-state index >= 15 is 0 Å². The number of nitrogens with one attached hydrogen (secondary N) is 1. The van der Waals surface area contributed by atoms with E-state index in [4.69, 9.17) is 5.21 Å². The maximum Gasteiger partial charge on any atom is 0.404 e. The summed E-state index contributed by atoms with van der Waals surface area (Å²) in [6, 6.07) is 18.1. The lowest BCUT2D eigenvalue weighted by Gasteiger charge is -2.30. The van der Waals surface area contributed by atoms with Gasteiger partial charge in [-0.05, 0) is 53.3 Å². The zero-order valence-electron chi connectivity index (χ0n) is 21.9. The van der Waals surface area contributed by atoms with Crippen LogP contribution in [0, 0.1) is 5.92 Å². The van der Waals surface area contributed by atoms with E-state index in [1.807, 2.05) is 56.3 Å². The van der Waals surface area contributed by atoms with E-state index in [-0.39, 0.29) is 30.3 Å². The second-order valence-corrected chi connectivity index (χ2v) is 11.6. The van der Waals surface area contributed by atoms with Crippen LogP contribution < -0.4 is 5.32 Å². The van der Waals surface area contributed by atoms with Crippen molar-refractivity contribution in [3.8, 4) is 0 Å². The molecule has 4 N–H and O–H groups in total. The van der Waals surface area contributed by atoms with Gasteiger partial charge in [-0.1, -0.05) is 61.5 Å². The number of rotatable bonds is 13. The summed E-state index contributed by atoms with van der Waals surface area (Å²) in [4.78, 5) is 15.9. The molecule has 1 heterocycles. The Morgan fingerprint density at radius 2 is 1.69 bits per heavy atom. The molecule has 39 heavy (non-hydrogen) atoms. The van der Waals surface area contributed by atoms with E-state index in [0.717, 1.165) is 16.8 Å². The number of hydrogen-bond donors (Lipinski definition) is 4. The molecule has 3 rings (SSSR count). The smallest absolute Gasteiger partial charge is 0.404 e. The second-order valence-electron chi connectivity index (χ2n) is 9.67. The highest BCUT2D eigenvalue weighted by Crippen LogP contribution is 2.20. The summed E-state index contributed by atoms with van der Waals surface area (Å²) in [7, 11) is -4.01. The van der Waals surface area contributed by atoms with E-state index in [9.17, 15) is 23.4 Å². The number of hydrogen-bond acceptors (Lipinski definition) is 7. The standard InChI is InChI=1S/C28H34N4O6S/c1-20(2)18-32(39(37,38)25-12-10-23(11-13-25)17-30-36)19-27(33)26(31-28(34)35)16-22-8-6-21(7-9-22)15-24-5-3-4-14-29-24/h3-14,17,20,26-27,31,33,36H,15-16,18-19H2,1-2H3,(H,34,35)/b30-17+/t26-,27+/m0/s1. The summed E-state index contributed by atoms with van der Waals surface area (Å²) in [5.41, 5.74) is 3.26. The Kier molecular flexibility index (Phi) is 10.6. The minimum Gasteiger partial charge on any atom is -0.465 e. The van der Waals surface area contributed by atoms with Gasteiger partial charge in [0.05, 0.1) is 23.3 Å². The average Bonchev–Trinajstić information content (AvgIpc) is 2.89. The number of oxime groups is 1. The molecule has 0 aliphatic carbocycles. The molecule has 0 aliphatic heterocycles. The molecule has 1 aromatic heterocycles. The lowest BCUT2D eigenvalue weighted by Crippen LogP contribution is -2.50. The molecular formula is C28H34N4O6S. The highest BCUT2D eigenvalue weighted by molar-refractivity contribution is 7.89. The predicted octanol–water partition coefficient (Wildman–Crippen LogP) is 3.37. The van der Waals surface area contributed by atoms with Gasteiger partial charge in [0, 0.05) is 31.4 Å². The van der Waals surface area contributed by atoms with Crippen LogP contribution in [0.25, 0.3) is 0 Å². The van der Waals surface area contributed by atoms with E-state index < -0.39 is 28.3 Å². The average molecular weight is 555 g/mol. The monoisotopic (exact) mass is 554 g/mol. The van der Waals surface area contributed by atoms with Crippen molar-refractivity contribution in [3.63, 3.8) is 0 Å². The second kappa shape index (κ2) is 13.8. The number of nitrogens with zero attached hydrogens (tertiary/aromatic N) is 3. The number of aliphatic hydroxyl groups excluding tert-OH is 1. The van der Waals surface area contributed by atoms with E-state index in [1.54, 1.807) is 6.20 Å². The molecule has 1 amide bonds. The molecule has 0 spiro atoms. The fourth-order valence-electron chi connectivity index (χ4n) is 4.16. The van der Waals surface area contributed by atoms with Gasteiger partial charge < -0.3 is 20.7 Å². The van der Waals surface area contributed by atoms with Gasteiger partial charge in [-0.25, -0.2) is 13.2 Å². The first-order valence-electron chi connectivity index (χ1n) is 12.5. The summed E-state index contributed by atoms with van der Waals surface area (Å²) < 4.78 is 28.1. The first-order chi connectivity index (χ1) is 18.6. The molecule has 0 unspecified atom stereocenters. The van der Waals surface area contributed by atoms with Crippen LogP contribution in [0.3, 0.4) is 0 Å². The number of carbonyl (C=O) groups is 1. The van der Waals surface area contributed by atoms with E-state index in [1.165, 1.54) is 34.8 Å². The number of amides is 1. The third-order valence-corrected chi connectivity index (χ3v) is 7.89. The minimum absolute atomic E-state index is 0.0108. The zero-order chi connectivity index (χ0) is 28.4. The van der Waals surface area contributed by atoms with Gasteiger partial charge in [-0.2, -0.15) is 4.31 Å². The van der Waals surface area contributed by atoms with Crippen LogP contribution in [0.5, 0.6) is 0 Å². The molecular weight excluding hydrogens is 520 g/mol. The van der Waals surface area contributed by atoms with Crippen LogP contribution in [0.4, 0.5) is 4.79 Å². The summed E-state index contributed by atoms with van der Waals surface area (Å²) in [6.45, 7) is 3.54. The molecule has 10 nitrogen and oxygen atoms in total. The van der Waals surface area contributed by atoms with Gasteiger partial charge in [0.1, 0.15) is 0 Å². The third kappa shape index (κ3) is 8.88. The SMILES string of the molecule is CC(C)CN(C[C@@H](O)[C@H](Cc1ccc(Cc2ccccn2)cc1)NC(=O)O)S(=O)(=O)c1ccc(/C=N/O)cc1. The van der Waals surface area contributed by atoms with Crippen molar-refractivity contribution in [2.75, 3.05) is 13.1 Å². The van der Waals surface area contributed by atoms with Crippen molar-refractivity contribution < 1.29 is 28.6 Å². The van der Waals surface area contributed by atoms with Gasteiger partial charge >= 0.3 is 6.09 Å². The van der Waals surface area contributed by atoms with Gasteiger partial charge in [0.15, 0.2) is 0 Å². The molecule has 0 bridgehead atoms. The Morgan fingerprint density at radius 1 is 1.03 bits per heavy atom. The fourth-order valence-corrected chi connectivity index (χ4v) is 5.78. The number of carboxylic acid groups (broad SMARTS) is 1. The molecule has 0 saturated carbocycles. The number of aromatic nitrogens is 1. The topological polar surface area (TPSA) is 152 Å². The van der Waals surface area contributed by atoms with Crippen molar-refractivity contribution in [2.24, 2.45) is 11.1 Å². The molecule has 0 saturated heterocycles. The summed E-state index contributed by atoms with van der Waals surface area (Å²) in [5, 5.41) is 34.5. The normalized spacial score (nSPS) is 13.6. The van der Waals surface area contributed by atoms with Crippen molar-refractivity contribution in [1.82, 2.24) is 14.6 Å². The molecule has 0 aliphatic rings. The van der Waals surface area contributed by atoms with Crippen LogP contribution >= 0.6 is 0 Å². The van der Waals surface area contributed by atoms with Gasteiger partial charge in [0.25, 0.3) is 0 Å². The molecule has 208 valence electrons. The molecule has 0 fully saturated rings. The van der Waals surface area contributed by atoms with Crippen molar-refractivity contribution in [3.05, 3.63) is 95.3 Å². The Morgan fingerprint density at radius 3 is 2.26 bits per heavy atom. The Labute approximate surface area is 228 Å². The van der Waals surface area contributed by atoms with Gasteiger partial charge in [0.2, 0.25) is 10.0 Å². The number of sulfonamides is 1. The summed E-state index contributed by atoms with van der Waals surface area (Å²) in [6.07, 6.45) is 1.10. The lowest BCUT2D eigenvalue weighted by atomic mass is 9.99. The largest absolute Gasteiger partial charge is 0.465 e.